The summed E-state index contributed by atoms with van der Waals surface area (Å²) in [6.45, 7) is 5.60. The Kier molecular flexibility index (Phi) is 6.81. The van der Waals surface area contributed by atoms with E-state index in [2.05, 4.69) is 10.4 Å². The number of anilines is 1. The zero-order valence-corrected chi connectivity index (χ0v) is 16.4. The molecule has 0 aliphatic carbocycles. The number of carbonyl (C=O) groups is 1. The molecule has 0 radical (unpaired) electrons. The number of halogens is 2. The van der Waals surface area contributed by atoms with Gasteiger partial charge in [0.05, 0.1) is 11.7 Å². The van der Waals surface area contributed by atoms with E-state index < -0.39 is 12.3 Å². The van der Waals surface area contributed by atoms with Crippen LogP contribution in [0.2, 0.25) is 0 Å². The zero-order chi connectivity index (χ0) is 18.8. The summed E-state index contributed by atoms with van der Waals surface area (Å²) in [7, 11) is 0. The second-order valence-electron chi connectivity index (χ2n) is 6.99. The average molecular weight is 394 g/mol. The van der Waals surface area contributed by atoms with Gasteiger partial charge in [0, 0.05) is 11.5 Å². The van der Waals surface area contributed by atoms with Crippen molar-refractivity contribution in [3.05, 3.63) is 54.1 Å². The van der Waals surface area contributed by atoms with E-state index >= 15 is 0 Å². The van der Waals surface area contributed by atoms with E-state index in [0.717, 1.165) is 16.7 Å². The van der Waals surface area contributed by atoms with E-state index in [-0.39, 0.29) is 30.2 Å². The van der Waals surface area contributed by atoms with Crippen molar-refractivity contribution in [2.75, 3.05) is 5.01 Å². The van der Waals surface area contributed by atoms with Crippen LogP contribution in [-0.4, -0.2) is 18.2 Å². The van der Waals surface area contributed by atoms with Crippen molar-refractivity contribution in [2.45, 2.75) is 39.0 Å². The van der Waals surface area contributed by atoms with E-state index in [1.807, 2.05) is 69.3 Å². The van der Waals surface area contributed by atoms with Crippen LogP contribution < -0.4 is 16.2 Å². The van der Waals surface area contributed by atoms with Crippen LogP contribution in [0.25, 0.3) is 11.1 Å². The third-order valence-corrected chi connectivity index (χ3v) is 4.93. The zero-order valence-electron chi connectivity index (χ0n) is 15.6. The first-order valence-electron chi connectivity index (χ1n) is 8.76. The lowest BCUT2D eigenvalue weighted by Crippen LogP contribution is -2.56. The monoisotopic (exact) mass is 393 g/mol. The number of nitrogens with two attached hydrogens (primary N) is 1. The first kappa shape index (κ1) is 21.2. The van der Waals surface area contributed by atoms with Crippen molar-refractivity contribution in [3.63, 3.8) is 0 Å². The minimum atomic E-state index is -1.01. The molecule has 2 aromatic carbocycles. The molecule has 2 unspecified atom stereocenters. The molecule has 1 aliphatic heterocycles. The lowest BCUT2D eigenvalue weighted by atomic mass is 9.92. The molecule has 7 heteroatoms. The molecule has 1 heterocycles. The molecule has 1 aliphatic rings. The number of hydrazine groups is 1. The molecule has 0 saturated heterocycles. The van der Waals surface area contributed by atoms with Gasteiger partial charge in [-0.15, -0.1) is 12.4 Å². The normalized spacial score (nSPS) is 19.4. The average Bonchev–Trinajstić information content (AvgIpc) is 2.75. The summed E-state index contributed by atoms with van der Waals surface area (Å²) in [4.78, 5) is 16.9. The maximum atomic E-state index is 13.6. The number of nitrogens with zero attached hydrogens (tertiary/aromatic N) is 1. The highest BCUT2D eigenvalue weighted by Crippen LogP contribution is 2.42. The molecular weight excluding hydrogens is 369 g/mol. The van der Waals surface area contributed by atoms with E-state index in [1.165, 1.54) is 5.01 Å². The number of hydrogen-bond donors (Lipinski definition) is 2. The van der Waals surface area contributed by atoms with Crippen molar-refractivity contribution in [3.8, 4) is 11.1 Å². The largest absolute Gasteiger partial charge is 0.320 e. The molecule has 3 N–H and O–H groups in total. The van der Waals surface area contributed by atoms with Gasteiger partial charge in [-0.05, 0) is 27.6 Å². The first-order valence-corrected chi connectivity index (χ1v) is 8.76. The third-order valence-electron chi connectivity index (χ3n) is 4.93. The van der Waals surface area contributed by atoms with E-state index in [1.54, 1.807) is 0 Å². The molecule has 0 saturated carbocycles. The van der Waals surface area contributed by atoms with Gasteiger partial charge in [0.2, 0.25) is 0 Å². The fourth-order valence-electron chi connectivity index (χ4n) is 3.30. The first-order chi connectivity index (χ1) is 12.5. The van der Waals surface area contributed by atoms with Crippen LogP contribution in [0.3, 0.4) is 0 Å². The highest BCUT2D eigenvalue weighted by molar-refractivity contribution is 5.87. The lowest BCUT2D eigenvalue weighted by molar-refractivity contribution is -0.188. The van der Waals surface area contributed by atoms with E-state index in [9.17, 15) is 9.32 Å². The Morgan fingerprint density at radius 2 is 1.74 bits per heavy atom. The van der Waals surface area contributed by atoms with Gasteiger partial charge in [0.1, 0.15) is 0 Å². The fourth-order valence-corrected chi connectivity index (χ4v) is 3.30. The number of fused-ring (bicyclic) bond motifs is 3. The molecule has 0 aromatic heterocycles. The Morgan fingerprint density at radius 1 is 1.15 bits per heavy atom. The van der Waals surface area contributed by atoms with Gasteiger partial charge in [0.15, 0.2) is 6.23 Å². The molecule has 146 valence electrons. The van der Waals surface area contributed by atoms with Crippen molar-refractivity contribution < 1.29 is 14.3 Å². The fraction of sp³-hybridized carbons (Fsp3) is 0.350. The Morgan fingerprint density at radius 3 is 2.37 bits per heavy atom. The van der Waals surface area contributed by atoms with Crippen LogP contribution in [0.5, 0.6) is 0 Å². The SMILES string of the molecule is CC1c2ccccc2-c2ccccc2N(NC(=O)[C@@H](N)C(C)C)C1OF.Cl. The molecule has 5 nitrogen and oxygen atoms in total. The Balaban J connectivity index is 0.00000261. The van der Waals surface area contributed by atoms with Gasteiger partial charge in [0.25, 0.3) is 5.91 Å². The van der Waals surface area contributed by atoms with E-state index in [0.29, 0.717) is 5.69 Å². The van der Waals surface area contributed by atoms with Crippen LogP contribution in [0.4, 0.5) is 10.2 Å². The van der Waals surface area contributed by atoms with Crippen LogP contribution in [0.1, 0.15) is 32.3 Å². The Bertz CT molecular complexity index is 802. The molecule has 27 heavy (non-hydrogen) atoms. The van der Waals surface area contributed by atoms with Gasteiger partial charge < -0.3 is 5.73 Å². The van der Waals surface area contributed by atoms with Gasteiger partial charge in [-0.25, -0.2) is 0 Å². The Hall–Kier alpha value is -2.15. The summed E-state index contributed by atoms with van der Waals surface area (Å²) in [5, 5.41) is 1.45. The van der Waals surface area contributed by atoms with Gasteiger partial charge in [-0.1, -0.05) is 63.2 Å². The van der Waals surface area contributed by atoms with Gasteiger partial charge in [-0.3, -0.25) is 15.2 Å². The number of carbonyl (C=O) groups excluding carboxylic acids is 1. The molecular formula is C20H25ClFN3O2. The maximum Gasteiger partial charge on any atom is 0.255 e. The topological polar surface area (TPSA) is 67.6 Å². The van der Waals surface area contributed by atoms with Crippen molar-refractivity contribution >= 4 is 24.0 Å². The summed E-state index contributed by atoms with van der Waals surface area (Å²) in [5.41, 5.74) is 12.2. The molecule has 0 spiro atoms. The van der Waals surface area contributed by atoms with E-state index in [4.69, 9.17) is 5.73 Å². The highest BCUT2D eigenvalue weighted by Gasteiger charge is 2.36. The quantitative estimate of drug-likeness (QED) is 0.825. The highest BCUT2D eigenvalue weighted by atomic mass is 35.5. The second-order valence-corrected chi connectivity index (χ2v) is 6.99. The number of hydrogen-bond acceptors (Lipinski definition) is 4. The minimum Gasteiger partial charge on any atom is -0.320 e. The molecule has 3 atom stereocenters. The molecule has 1 amide bonds. The Labute approximate surface area is 165 Å². The van der Waals surface area contributed by atoms with Gasteiger partial charge >= 0.3 is 0 Å². The predicted molar refractivity (Wildman–Crippen MR) is 107 cm³/mol. The number of benzene rings is 2. The molecule has 3 rings (SSSR count). The number of rotatable bonds is 4. The van der Waals surface area contributed by atoms with Crippen LogP contribution in [0.15, 0.2) is 48.5 Å². The summed E-state index contributed by atoms with van der Waals surface area (Å²) in [6.07, 6.45) is -1.01. The number of nitrogens with one attached hydrogen (secondary N) is 1. The molecule has 0 bridgehead atoms. The molecule has 2 aromatic rings. The third kappa shape index (κ3) is 3.93. The van der Waals surface area contributed by atoms with Crippen molar-refractivity contribution in [1.82, 2.24) is 5.43 Å². The van der Waals surface area contributed by atoms with Crippen LogP contribution in [-0.2, 0) is 9.74 Å². The summed E-state index contributed by atoms with van der Waals surface area (Å²) < 4.78 is 13.6. The van der Waals surface area contributed by atoms with Crippen LogP contribution in [0, 0.1) is 5.92 Å². The predicted octanol–water partition coefficient (Wildman–Crippen LogP) is 3.94. The summed E-state index contributed by atoms with van der Waals surface area (Å²) in [5.74, 6) is -0.745. The standard InChI is InChI=1S/C20H24FN3O2.ClH/c1-12(2)18(22)19(25)23-24-17-11-7-6-10-16(17)15-9-5-4-8-14(15)13(3)20(24)26-21;/h4-13,18,20H,22H2,1-3H3,(H,23,25);1H/t13?,18-,20?;/m0./s1. The molecule has 0 fully saturated rings. The van der Waals surface area contributed by atoms with Crippen molar-refractivity contribution in [2.24, 2.45) is 11.7 Å². The number of amides is 1. The second kappa shape index (κ2) is 8.69. The lowest BCUT2D eigenvalue weighted by Gasteiger charge is -2.34. The number of para-hydroxylation sites is 1. The van der Waals surface area contributed by atoms with Crippen LogP contribution >= 0.6 is 12.4 Å². The smallest absolute Gasteiger partial charge is 0.255 e. The minimum absolute atomic E-state index is 0. The summed E-state index contributed by atoms with van der Waals surface area (Å²) >= 11 is 0. The maximum absolute atomic E-state index is 13.6. The van der Waals surface area contributed by atoms with Gasteiger partial charge in [-0.2, -0.15) is 4.94 Å². The van der Waals surface area contributed by atoms with Crippen molar-refractivity contribution in [1.29, 1.82) is 0 Å². The summed E-state index contributed by atoms with van der Waals surface area (Å²) in [6, 6.07) is 14.6.